The fraction of sp³-hybridized carbons (Fsp3) is 0.208. The summed E-state index contributed by atoms with van der Waals surface area (Å²) in [5, 5.41) is 20.5. The predicted molar refractivity (Wildman–Crippen MR) is 128 cm³/mol. The number of hydrogen-bond acceptors (Lipinski definition) is 7. The third kappa shape index (κ3) is 6.21. The summed E-state index contributed by atoms with van der Waals surface area (Å²) in [5.74, 6) is -0.532. The number of terminal acetylenes is 1. The normalized spacial score (nSPS) is 11.4. The summed E-state index contributed by atoms with van der Waals surface area (Å²) in [5.41, 5.74) is 7.44. The van der Waals surface area contributed by atoms with E-state index in [1.807, 2.05) is 11.0 Å². The van der Waals surface area contributed by atoms with Gasteiger partial charge in [-0.1, -0.05) is 12.0 Å². The van der Waals surface area contributed by atoms with Crippen molar-refractivity contribution in [3.05, 3.63) is 69.8 Å². The minimum Gasteiger partial charge on any atom is -0.481 e. The highest BCUT2D eigenvalue weighted by atomic mass is 16.4. The lowest BCUT2D eigenvalue weighted by Gasteiger charge is -2.23. The van der Waals surface area contributed by atoms with Crippen LogP contribution in [-0.4, -0.2) is 50.6 Å². The predicted octanol–water partition coefficient (Wildman–Crippen LogP) is 0.679. The van der Waals surface area contributed by atoms with Crippen LogP contribution in [0, 0.1) is 12.3 Å². The molecule has 0 saturated heterocycles. The van der Waals surface area contributed by atoms with Crippen LogP contribution in [-0.2, 0) is 22.7 Å². The van der Waals surface area contributed by atoms with Gasteiger partial charge in [0, 0.05) is 17.8 Å². The van der Waals surface area contributed by atoms with Gasteiger partial charge in [0.1, 0.15) is 11.9 Å². The van der Waals surface area contributed by atoms with Crippen LogP contribution in [0.2, 0.25) is 0 Å². The van der Waals surface area contributed by atoms with E-state index in [9.17, 15) is 19.2 Å². The maximum absolute atomic E-state index is 12.4. The highest BCUT2D eigenvalue weighted by molar-refractivity contribution is 5.97. The third-order valence-corrected chi connectivity index (χ3v) is 5.14. The Balaban J connectivity index is 1.79. The first-order valence-electron chi connectivity index (χ1n) is 10.5. The van der Waals surface area contributed by atoms with Crippen LogP contribution in [0.3, 0.4) is 0 Å². The second-order valence-electron chi connectivity index (χ2n) is 7.64. The van der Waals surface area contributed by atoms with Gasteiger partial charge in [-0.25, -0.2) is 9.78 Å². The smallest absolute Gasteiger partial charge is 0.326 e. The Kier molecular flexibility index (Phi) is 7.81. The number of rotatable bonds is 10. The van der Waals surface area contributed by atoms with Crippen LogP contribution < -0.4 is 21.5 Å². The molecule has 180 valence electrons. The first-order chi connectivity index (χ1) is 16.7. The fourth-order valence-corrected chi connectivity index (χ4v) is 3.44. The number of nitrogens with one attached hydrogen (secondary N) is 2. The molecular formula is C24H23N5O6. The zero-order valence-corrected chi connectivity index (χ0v) is 18.5. The number of nitrogens with zero attached hydrogens (tertiary/aromatic N) is 2. The molecule has 1 aromatic heterocycles. The summed E-state index contributed by atoms with van der Waals surface area (Å²) in [4.78, 5) is 55.6. The molecule has 0 spiro atoms. The average Bonchev–Trinajstić information content (AvgIpc) is 2.83. The van der Waals surface area contributed by atoms with Crippen LogP contribution in [0.5, 0.6) is 0 Å². The van der Waals surface area contributed by atoms with Crippen molar-refractivity contribution in [3.63, 3.8) is 0 Å². The number of carboxylic acid groups (broad SMARTS) is 2. The zero-order chi connectivity index (χ0) is 25.5. The van der Waals surface area contributed by atoms with E-state index < -0.39 is 30.3 Å². The molecule has 1 unspecified atom stereocenters. The van der Waals surface area contributed by atoms with Gasteiger partial charge in [-0.05, 0) is 42.0 Å². The number of aromatic nitrogens is 2. The number of aliphatic carboxylic acids is 2. The van der Waals surface area contributed by atoms with E-state index >= 15 is 0 Å². The lowest BCUT2D eigenvalue weighted by molar-refractivity contribution is -0.145. The molecular weight excluding hydrogens is 454 g/mol. The van der Waals surface area contributed by atoms with Crippen molar-refractivity contribution >= 4 is 34.4 Å². The maximum Gasteiger partial charge on any atom is 0.326 e. The maximum atomic E-state index is 12.4. The number of anilines is 1. The van der Waals surface area contributed by atoms with Crippen LogP contribution in [0.15, 0.2) is 47.3 Å². The van der Waals surface area contributed by atoms with Gasteiger partial charge in [-0.3, -0.25) is 14.4 Å². The summed E-state index contributed by atoms with van der Waals surface area (Å²) in [6.07, 6.45) is 4.79. The Morgan fingerprint density at radius 1 is 1.17 bits per heavy atom. The first kappa shape index (κ1) is 24.9. The van der Waals surface area contributed by atoms with Crippen LogP contribution >= 0.6 is 0 Å². The molecule has 0 aliphatic carbocycles. The summed E-state index contributed by atoms with van der Waals surface area (Å²) >= 11 is 0. The molecule has 35 heavy (non-hydrogen) atoms. The number of carbonyl (C=O) groups excluding carboxylic acids is 1. The highest BCUT2D eigenvalue weighted by Crippen LogP contribution is 2.20. The van der Waals surface area contributed by atoms with E-state index in [0.717, 1.165) is 5.56 Å². The first-order valence-corrected chi connectivity index (χ1v) is 10.5. The van der Waals surface area contributed by atoms with Crippen molar-refractivity contribution in [1.82, 2.24) is 15.3 Å². The van der Waals surface area contributed by atoms with Gasteiger partial charge in [0.25, 0.3) is 11.5 Å². The minimum atomic E-state index is -1.55. The Morgan fingerprint density at radius 2 is 1.89 bits per heavy atom. The number of nitrogens with two attached hydrogens (primary N) is 1. The van der Waals surface area contributed by atoms with Gasteiger partial charge < -0.3 is 31.1 Å². The van der Waals surface area contributed by atoms with Gasteiger partial charge in [-0.15, -0.1) is 6.42 Å². The molecule has 0 bridgehead atoms. The number of carbonyl (C=O) groups is 3. The van der Waals surface area contributed by atoms with Crippen molar-refractivity contribution in [3.8, 4) is 12.3 Å². The molecule has 0 aliphatic rings. The van der Waals surface area contributed by atoms with Crippen LogP contribution in [0.1, 0.15) is 28.2 Å². The lowest BCUT2D eigenvalue weighted by Crippen LogP contribution is -2.42. The number of carboxylic acids is 2. The summed E-state index contributed by atoms with van der Waals surface area (Å²) in [6, 6.07) is 9.98. The number of amides is 1. The molecule has 2 aromatic carbocycles. The van der Waals surface area contributed by atoms with E-state index in [4.69, 9.17) is 22.4 Å². The van der Waals surface area contributed by atoms with Crippen molar-refractivity contribution in [2.45, 2.75) is 25.6 Å². The third-order valence-electron chi connectivity index (χ3n) is 5.14. The molecule has 3 aromatic rings. The van der Waals surface area contributed by atoms with Crippen LogP contribution in [0.4, 0.5) is 5.69 Å². The van der Waals surface area contributed by atoms with E-state index in [1.165, 1.54) is 12.1 Å². The van der Waals surface area contributed by atoms with Crippen molar-refractivity contribution in [2.75, 3.05) is 11.4 Å². The number of aromatic amines is 1. The minimum absolute atomic E-state index is 0.118. The average molecular weight is 477 g/mol. The van der Waals surface area contributed by atoms with E-state index in [-0.39, 0.29) is 24.2 Å². The molecule has 1 heterocycles. The molecule has 0 saturated carbocycles. The van der Waals surface area contributed by atoms with Gasteiger partial charge >= 0.3 is 11.9 Å². The topological polar surface area (TPSA) is 179 Å². The quantitative estimate of drug-likeness (QED) is 0.263. The molecule has 1 atom stereocenters. The standard InChI is InChI=1S/C24H23N5O6/c1-2-9-29(13-14-3-8-18-17(10-14)23(33)28-20(12-25)26-18)16-6-4-15(5-7-16)22(32)27-19(24(34)35)11-21(30)31/h1,3-8,10,19H,9,11-13,25H2,(H,27,32)(H,30,31)(H,34,35)(H,26,28,33). The molecule has 3 rings (SSSR count). The molecule has 11 heteroatoms. The Labute approximate surface area is 199 Å². The lowest BCUT2D eigenvalue weighted by atomic mass is 10.1. The second kappa shape index (κ2) is 11.0. The molecule has 6 N–H and O–H groups in total. The SMILES string of the molecule is C#CCN(Cc1ccc2nc(CN)[nH]c(=O)c2c1)c1ccc(C(=O)NC(CC(=O)O)C(=O)O)cc1. The number of fused-ring (bicyclic) bond motifs is 1. The van der Waals surface area contributed by atoms with Gasteiger partial charge in [0.15, 0.2) is 0 Å². The Bertz CT molecular complexity index is 1360. The summed E-state index contributed by atoms with van der Waals surface area (Å²) < 4.78 is 0. The molecule has 0 fully saturated rings. The zero-order valence-electron chi connectivity index (χ0n) is 18.5. The Hall–Kier alpha value is -4.69. The van der Waals surface area contributed by atoms with Crippen molar-refractivity contribution < 1.29 is 24.6 Å². The molecule has 1 amide bonds. The molecule has 11 nitrogen and oxygen atoms in total. The second-order valence-corrected chi connectivity index (χ2v) is 7.64. The number of hydrogen-bond donors (Lipinski definition) is 5. The summed E-state index contributed by atoms with van der Waals surface area (Å²) in [6.45, 7) is 0.723. The monoisotopic (exact) mass is 477 g/mol. The largest absolute Gasteiger partial charge is 0.481 e. The van der Waals surface area contributed by atoms with Gasteiger partial charge in [0.05, 0.1) is 30.4 Å². The number of benzene rings is 2. The van der Waals surface area contributed by atoms with E-state index in [1.54, 1.807) is 24.3 Å². The number of H-pyrrole nitrogens is 1. The molecule has 0 radical (unpaired) electrons. The summed E-state index contributed by atoms with van der Waals surface area (Å²) in [7, 11) is 0. The van der Waals surface area contributed by atoms with Crippen molar-refractivity contribution in [2.24, 2.45) is 5.73 Å². The van der Waals surface area contributed by atoms with Gasteiger partial charge in [-0.2, -0.15) is 0 Å². The van der Waals surface area contributed by atoms with Crippen LogP contribution in [0.25, 0.3) is 10.9 Å². The highest BCUT2D eigenvalue weighted by Gasteiger charge is 2.23. The van der Waals surface area contributed by atoms with Crippen molar-refractivity contribution in [1.29, 1.82) is 0 Å². The van der Waals surface area contributed by atoms with Gasteiger partial charge in [0.2, 0.25) is 0 Å². The van der Waals surface area contributed by atoms with E-state index in [0.29, 0.717) is 29.0 Å². The van der Waals surface area contributed by atoms with E-state index in [2.05, 4.69) is 21.2 Å². The molecule has 0 aliphatic heterocycles. The fourth-order valence-electron chi connectivity index (χ4n) is 3.44. The Morgan fingerprint density at radius 3 is 2.49 bits per heavy atom.